The average Bonchev–Trinajstić information content (AvgIpc) is 3.99. The van der Waals surface area contributed by atoms with E-state index in [9.17, 15) is 0 Å². The number of anilines is 3. The van der Waals surface area contributed by atoms with Crippen LogP contribution in [0, 0.1) is 0 Å². The second kappa shape index (κ2) is 19.4. The van der Waals surface area contributed by atoms with Crippen LogP contribution in [-0.2, 0) is 5.41 Å². The molecule has 11 aromatic carbocycles. The van der Waals surface area contributed by atoms with E-state index in [0.29, 0.717) is 5.84 Å². The zero-order valence-corrected chi connectivity index (χ0v) is 43.0. The summed E-state index contributed by atoms with van der Waals surface area (Å²) in [5.41, 5.74) is 23.8. The molecule has 0 radical (unpaired) electrons. The molecule has 0 saturated carbocycles. The van der Waals surface area contributed by atoms with Gasteiger partial charge in [0.15, 0.2) is 5.84 Å². The molecule has 11 aromatic rings. The third-order valence-electron chi connectivity index (χ3n) is 15.6. The van der Waals surface area contributed by atoms with E-state index in [0.717, 1.165) is 62.5 Å². The van der Waals surface area contributed by atoms with Gasteiger partial charge in [-0.15, -0.1) is 0 Å². The van der Waals surface area contributed by atoms with Crippen LogP contribution >= 0.6 is 0 Å². The van der Waals surface area contributed by atoms with Crippen LogP contribution in [-0.4, -0.2) is 11.5 Å². The van der Waals surface area contributed by atoms with Gasteiger partial charge in [0.1, 0.15) is 0 Å². The van der Waals surface area contributed by atoms with E-state index in [1.54, 1.807) is 0 Å². The van der Waals surface area contributed by atoms with E-state index in [4.69, 9.17) is 9.98 Å². The second-order valence-electron chi connectivity index (χ2n) is 20.1. The highest BCUT2D eigenvalue weighted by Gasteiger charge is 2.52. The molecule has 1 atom stereocenters. The highest BCUT2D eigenvalue weighted by atomic mass is 15.2. The molecule has 0 amide bonds. The van der Waals surface area contributed by atoms with Crippen LogP contribution in [0.25, 0.3) is 61.0 Å². The van der Waals surface area contributed by atoms with Crippen molar-refractivity contribution in [2.75, 3.05) is 4.90 Å². The lowest BCUT2D eigenvalue weighted by Gasteiger charge is -2.45. The Labute approximate surface area is 446 Å². The van der Waals surface area contributed by atoms with Gasteiger partial charge in [-0.1, -0.05) is 213 Å². The van der Waals surface area contributed by atoms with Gasteiger partial charge in [0.05, 0.1) is 22.5 Å². The molecule has 0 aromatic heterocycles. The molecule has 0 bridgehead atoms. The van der Waals surface area contributed by atoms with Crippen molar-refractivity contribution in [1.82, 2.24) is 0 Å². The van der Waals surface area contributed by atoms with Crippen LogP contribution in [0.15, 0.2) is 282 Å². The maximum Gasteiger partial charge on any atom is 0.160 e. The molecule has 2 aliphatic rings. The Morgan fingerprint density at radius 1 is 0.368 bits per heavy atom. The summed E-state index contributed by atoms with van der Waals surface area (Å²) in [5.74, 6) is 0.691. The first kappa shape index (κ1) is 46.4. The van der Waals surface area contributed by atoms with E-state index in [2.05, 4.69) is 280 Å². The van der Waals surface area contributed by atoms with Gasteiger partial charge in [-0.3, -0.25) is 0 Å². The molecular formula is C73H55N3. The van der Waals surface area contributed by atoms with Crippen molar-refractivity contribution < 1.29 is 0 Å². The minimum Gasteiger partial charge on any atom is -0.310 e. The Morgan fingerprint density at radius 3 is 1.55 bits per heavy atom. The Kier molecular flexibility index (Phi) is 11.9. The van der Waals surface area contributed by atoms with Crippen LogP contribution in [0.3, 0.4) is 0 Å². The highest BCUT2D eigenvalue weighted by Crippen LogP contribution is 2.64. The van der Waals surface area contributed by atoms with Crippen molar-refractivity contribution >= 4 is 45.1 Å². The normalized spacial score (nSPS) is 15.0. The number of amidine groups is 1. The standard InChI is InChI=1S/C73H55N3/c1-4-49(2)71(75-72(52-25-10-6-11-26-52)74-50(3)51-23-8-5-9-24-51)61-34-22-33-57(45-61)55-31-20-29-53(43-55)54-30-21-32-56(44-54)60-41-42-70-68(48-60)73(66-39-18-19-40-69(66)76(70)62-35-12-7-13-36-62)65-38-17-16-37-63(65)64-46-58-27-14-15-28-59(58)47-67(64)73/h5-48H,4H2,1-3H3/b71-49-,74-50?,75-72?. The maximum absolute atomic E-state index is 5.41. The Hall–Kier alpha value is -9.44. The molecule has 1 aliphatic carbocycles. The summed E-state index contributed by atoms with van der Waals surface area (Å²) in [5, 5.41) is 2.50. The fourth-order valence-electron chi connectivity index (χ4n) is 11.8. The summed E-state index contributed by atoms with van der Waals surface area (Å²) < 4.78 is 0. The lowest BCUT2D eigenvalue weighted by molar-refractivity contribution is 0.754. The summed E-state index contributed by atoms with van der Waals surface area (Å²) in [4.78, 5) is 13.1. The van der Waals surface area contributed by atoms with Crippen LogP contribution in [0.1, 0.15) is 66.1 Å². The predicted molar refractivity (Wildman–Crippen MR) is 320 cm³/mol. The van der Waals surface area contributed by atoms with E-state index < -0.39 is 5.41 Å². The molecule has 1 heterocycles. The van der Waals surface area contributed by atoms with Gasteiger partial charge < -0.3 is 4.90 Å². The first-order valence-corrected chi connectivity index (χ1v) is 26.4. The third-order valence-corrected chi connectivity index (χ3v) is 15.6. The van der Waals surface area contributed by atoms with Gasteiger partial charge in [0.25, 0.3) is 0 Å². The number of para-hydroxylation sites is 2. The van der Waals surface area contributed by atoms with Crippen LogP contribution in [0.4, 0.5) is 17.1 Å². The minimum absolute atomic E-state index is 0.572. The molecule has 1 unspecified atom stereocenters. The highest BCUT2D eigenvalue weighted by molar-refractivity contribution is 6.13. The van der Waals surface area contributed by atoms with E-state index >= 15 is 0 Å². The lowest BCUT2D eigenvalue weighted by Crippen LogP contribution is -2.36. The lowest BCUT2D eigenvalue weighted by atomic mass is 9.64. The fraction of sp³-hybridized carbons (Fsp3) is 0.0685. The maximum atomic E-state index is 5.41. The van der Waals surface area contributed by atoms with Crippen LogP contribution < -0.4 is 4.90 Å². The van der Waals surface area contributed by atoms with Crippen molar-refractivity contribution in [3.63, 3.8) is 0 Å². The molecule has 76 heavy (non-hydrogen) atoms. The van der Waals surface area contributed by atoms with Crippen molar-refractivity contribution in [3.8, 4) is 44.5 Å². The SMILES string of the molecule is CC/C(C)=C(\N=C(N=C(C)c1ccccc1)c1ccccc1)c1cccc(-c2cccc(-c3cccc(-c4ccc5c(c4)C4(c6ccccc6-c6cc7ccccc7cc64)c4ccccc4N5c4ccccc4)c3)c2)c1. The molecule has 362 valence electrons. The summed E-state index contributed by atoms with van der Waals surface area (Å²) in [7, 11) is 0. The number of aliphatic imine (C=N–C) groups is 2. The summed E-state index contributed by atoms with van der Waals surface area (Å²) in [6.07, 6.45) is 0.861. The van der Waals surface area contributed by atoms with E-state index in [1.165, 1.54) is 72.2 Å². The number of fused-ring (bicyclic) bond motifs is 10. The molecule has 3 heteroatoms. The van der Waals surface area contributed by atoms with Gasteiger partial charge in [-0.2, -0.15) is 0 Å². The first-order chi connectivity index (χ1) is 37.5. The predicted octanol–water partition coefficient (Wildman–Crippen LogP) is 19.1. The first-order valence-electron chi connectivity index (χ1n) is 26.4. The molecule has 13 rings (SSSR count). The van der Waals surface area contributed by atoms with Crippen molar-refractivity contribution in [3.05, 3.63) is 311 Å². The van der Waals surface area contributed by atoms with Crippen molar-refractivity contribution in [2.24, 2.45) is 9.98 Å². The Bertz CT molecular complexity index is 4110. The second-order valence-corrected chi connectivity index (χ2v) is 20.1. The summed E-state index contributed by atoms with van der Waals surface area (Å²) in [6.45, 7) is 6.44. The Balaban J connectivity index is 0.915. The average molecular weight is 974 g/mol. The molecule has 3 nitrogen and oxygen atoms in total. The summed E-state index contributed by atoms with van der Waals surface area (Å²) in [6, 6.07) is 97.4. The number of hydrogen-bond donors (Lipinski definition) is 0. The monoisotopic (exact) mass is 973 g/mol. The van der Waals surface area contributed by atoms with Gasteiger partial charge in [0, 0.05) is 22.5 Å². The molecule has 0 saturated heterocycles. The molecular weight excluding hydrogens is 919 g/mol. The zero-order valence-electron chi connectivity index (χ0n) is 43.0. The smallest absolute Gasteiger partial charge is 0.160 e. The molecule has 1 spiro atoms. The number of allylic oxidation sites excluding steroid dienone is 1. The Morgan fingerprint density at radius 2 is 0.882 bits per heavy atom. The van der Waals surface area contributed by atoms with Crippen LogP contribution in [0.2, 0.25) is 0 Å². The number of hydrogen-bond acceptors (Lipinski definition) is 2. The molecule has 1 aliphatic heterocycles. The van der Waals surface area contributed by atoms with Crippen LogP contribution in [0.5, 0.6) is 0 Å². The van der Waals surface area contributed by atoms with E-state index in [1.807, 2.05) is 12.1 Å². The van der Waals surface area contributed by atoms with Gasteiger partial charge in [-0.05, 0) is 170 Å². The van der Waals surface area contributed by atoms with Gasteiger partial charge in [-0.25, -0.2) is 9.98 Å². The largest absolute Gasteiger partial charge is 0.310 e. The van der Waals surface area contributed by atoms with Crippen molar-refractivity contribution in [2.45, 2.75) is 32.6 Å². The summed E-state index contributed by atoms with van der Waals surface area (Å²) >= 11 is 0. The third kappa shape index (κ3) is 8.00. The zero-order chi connectivity index (χ0) is 51.2. The molecule has 0 fully saturated rings. The topological polar surface area (TPSA) is 28.0 Å². The number of rotatable bonds is 9. The van der Waals surface area contributed by atoms with Crippen molar-refractivity contribution in [1.29, 1.82) is 0 Å². The number of nitrogens with zero attached hydrogens (tertiary/aromatic N) is 3. The van der Waals surface area contributed by atoms with Gasteiger partial charge in [0.2, 0.25) is 0 Å². The molecule has 0 N–H and O–H groups in total. The van der Waals surface area contributed by atoms with Gasteiger partial charge >= 0.3 is 0 Å². The van der Waals surface area contributed by atoms with E-state index in [-0.39, 0.29) is 0 Å². The fourth-order valence-corrected chi connectivity index (χ4v) is 11.8. The minimum atomic E-state index is -0.572. The quantitative estimate of drug-likeness (QED) is 0.105. The number of benzene rings is 11.